The second-order valence-electron chi connectivity index (χ2n) is 9.17. The lowest BCUT2D eigenvalue weighted by Crippen LogP contribution is -2.56. The lowest BCUT2D eigenvalue weighted by molar-refractivity contribution is 0.0671. The van der Waals surface area contributed by atoms with Crippen LogP contribution in [0.5, 0.6) is 0 Å². The molecule has 0 amide bonds. The summed E-state index contributed by atoms with van der Waals surface area (Å²) in [6.07, 6.45) is 10.8. The summed E-state index contributed by atoms with van der Waals surface area (Å²) in [5.41, 5.74) is 0.282. The normalized spacial score (nSPS) is 22.8. The number of guanidine groups is 1. The summed E-state index contributed by atoms with van der Waals surface area (Å²) < 4.78 is 0. The fourth-order valence-electron chi connectivity index (χ4n) is 5.36. The van der Waals surface area contributed by atoms with Gasteiger partial charge in [-0.05, 0) is 44.7 Å². The number of anilines is 1. The summed E-state index contributed by atoms with van der Waals surface area (Å²) in [6.45, 7) is 8.56. The third kappa shape index (κ3) is 6.88. The van der Waals surface area contributed by atoms with Gasteiger partial charge in [-0.1, -0.05) is 25.3 Å². The van der Waals surface area contributed by atoms with Gasteiger partial charge in [-0.25, -0.2) is 4.98 Å². The number of halogens is 1. The van der Waals surface area contributed by atoms with Crippen molar-refractivity contribution >= 4 is 47.5 Å². The van der Waals surface area contributed by atoms with E-state index in [1.807, 2.05) is 12.3 Å². The molecule has 3 fully saturated rings. The fraction of sp³-hybridized carbons (Fsp3) is 0.750. The summed E-state index contributed by atoms with van der Waals surface area (Å²) in [6, 6.07) is 6.65. The van der Waals surface area contributed by atoms with Crippen LogP contribution in [0.4, 0.5) is 5.82 Å². The van der Waals surface area contributed by atoms with E-state index in [1.54, 1.807) is 0 Å². The summed E-state index contributed by atoms with van der Waals surface area (Å²) in [5.74, 6) is 4.66. The molecule has 32 heavy (non-hydrogen) atoms. The van der Waals surface area contributed by atoms with Gasteiger partial charge in [0.05, 0.1) is 6.54 Å². The molecule has 2 N–H and O–H groups in total. The fourth-order valence-corrected chi connectivity index (χ4v) is 6.26. The number of aliphatic imine (C=N–C) groups is 1. The molecule has 2 saturated heterocycles. The molecule has 6 nitrogen and oxygen atoms in total. The van der Waals surface area contributed by atoms with Crippen LogP contribution in [0.25, 0.3) is 0 Å². The highest BCUT2D eigenvalue weighted by molar-refractivity contribution is 14.0. The summed E-state index contributed by atoms with van der Waals surface area (Å²) in [7, 11) is 0. The molecular formula is C24H41IN6S. The van der Waals surface area contributed by atoms with Crippen LogP contribution >= 0.6 is 35.7 Å². The van der Waals surface area contributed by atoms with Crippen LogP contribution in [-0.4, -0.2) is 78.2 Å². The zero-order chi connectivity index (χ0) is 21.4. The van der Waals surface area contributed by atoms with Crippen molar-refractivity contribution < 1.29 is 0 Å². The van der Waals surface area contributed by atoms with E-state index in [2.05, 4.69) is 56.2 Å². The van der Waals surface area contributed by atoms with E-state index in [0.29, 0.717) is 6.04 Å². The second-order valence-corrected chi connectivity index (χ2v) is 10.4. The van der Waals surface area contributed by atoms with Crippen LogP contribution in [0.2, 0.25) is 0 Å². The standard InChI is InChI=1S/C24H40N6S.HI/c1-2-25-23(28-21-9-14-29(15-10-21)22-8-4-7-13-26-22)27-20-24(11-5-3-6-12-24)30-16-18-31-19-17-30;/h4,7-8,13,21H,2-3,5-6,9-12,14-20H2,1H3,(H2,25,27,28);1H. The molecule has 8 heteroatoms. The first-order valence-electron chi connectivity index (χ1n) is 12.3. The Hall–Kier alpha value is -0.740. The van der Waals surface area contributed by atoms with E-state index in [9.17, 15) is 0 Å². The molecule has 0 aromatic carbocycles. The smallest absolute Gasteiger partial charge is 0.191 e. The third-order valence-corrected chi connectivity index (χ3v) is 8.09. The molecule has 2 aliphatic heterocycles. The van der Waals surface area contributed by atoms with Crippen molar-refractivity contribution in [3.05, 3.63) is 24.4 Å². The number of nitrogens with zero attached hydrogens (tertiary/aromatic N) is 4. The van der Waals surface area contributed by atoms with Gasteiger partial charge in [-0.15, -0.1) is 24.0 Å². The predicted molar refractivity (Wildman–Crippen MR) is 149 cm³/mol. The summed E-state index contributed by atoms with van der Waals surface area (Å²) >= 11 is 2.11. The van der Waals surface area contributed by atoms with Crippen LogP contribution in [-0.2, 0) is 0 Å². The zero-order valence-corrected chi connectivity index (χ0v) is 22.7. The number of hydrogen-bond donors (Lipinski definition) is 2. The Labute approximate surface area is 215 Å². The van der Waals surface area contributed by atoms with E-state index >= 15 is 0 Å². The maximum Gasteiger partial charge on any atom is 0.191 e. The second kappa shape index (κ2) is 13.2. The molecule has 4 rings (SSSR count). The molecule has 0 bridgehead atoms. The van der Waals surface area contributed by atoms with Gasteiger partial charge in [0.25, 0.3) is 0 Å². The van der Waals surface area contributed by atoms with Crippen molar-refractivity contribution in [3.8, 4) is 0 Å². The maximum absolute atomic E-state index is 5.18. The number of aromatic nitrogens is 1. The van der Waals surface area contributed by atoms with Crippen molar-refractivity contribution in [2.24, 2.45) is 4.99 Å². The molecule has 1 aromatic rings. The highest BCUT2D eigenvalue weighted by Crippen LogP contribution is 2.35. The molecule has 3 aliphatic rings. The largest absolute Gasteiger partial charge is 0.357 e. The van der Waals surface area contributed by atoms with Gasteiger partial charge >= 0.3 is 0 Å². The van der Waals surface area contributed by atoms with Crippen LogP contribution in [0.3, 0.4) is 0 Å². The van der Waals surface area contributed by atoms with Crippen LogP contribution in [0, 0.1) is 0 Å². The monoisotopic (exact) mass is 572 g/mol. The zero-order valence-electron chi connectivity index (χ0n) is 19.6. The average Bonchev–Trinajstić information content (AvgIpc) is 2.85. The topological polar surface area (TPSA) is 55.8 Å². The number of piperidine rings is 1. The minimum Gasteiger partial charge on any atom is -0.357 e. The van der Waals surface area contributed by atoms with Gasteiger partial charge in [0.2, 0.25) is 0 Å². The Morgan fingerprint density at radius 3 is 2.53 bits per heavy atom. The van der Waals surface area contributed by atoms with E-state index in [4.69, 9.17) is 4.99 Å². The average molecular weight is 573 g/mol. The Morgan fingerprint density at radius 2 is 1.88 bits per heavy atom. The number of thioether (sulfide) groups is 1. The number of rotatable bonds is 6. The molecule has 3 heterocycles. The lowest BCUT2D eigenvalue weighted by atomic mass is 9.80. The minimum absolute atomic E-state index is 0. The lowest BCUT2D eigenvalue weighted by Gasteiger charge is -2.47. The SMILES string of the molecule is CCNC(=NCC1(N2CCSCC2)CCCCC1)NC1CCN(c2ccccn2)CC1.I. The Balaban J connectivity index is 0.00000289. The predicted octanol–water partition coefficient (Wildman–Crippen LogP) is 3.98. The molecule has 0 atom stereocenters. The first-order valence-corrected chi connectivity index (χ1v) is 13.5. The Kier molecular flexibility index (Phi) is 10.7. The van der Waals surface area contributed by atoms with E-state index in [-0.39, 0.29) is 29.5 Å². The van der Waals surface area contributed by atoms with E-state index in [1.165, 1.54) is 56.7 Å². The minimum atomic E-state index is 0. The summed E-state index contributed by atoms with van der Waals surface area (Å²) in [4.78, 5) is 14.9. The molecule has 180 valence electrons. The first-order chi connectivity index (χ1) is 15.3. The highest BCUT2D eigenvalue weighted by atomic mass is 127. The van der Waals surface area contributed by atoms with Crippen molar-refractivity contribution in [1.82, 2.24) is 20.5 Å². The van der Waals surface area contributed by atoms with Gasteiger partial charge < -0.3 is 15.5 Å². The maximum atomic E-state index is 5.18. The molecule has 1 aliphatic carbocycles. The van der Waals surface area contributed by atoms with E-state index < -0.39 is 0 Å². The van der Waals surface area contributed by atoms with Crippen molar-refractivity contribution in [1.29, 1.82) is 0 Å². The van der Waals surface area contributed by atoms with Crippen LogP contribution < -0.4 is 15.5 Å². The van der Waals surface area contributed by atoms with Gasteiger partial charge in [-0.2, -0.15) is 11.8 Å². The van der Waals surface area contributed by atoms with Crippen LogP contribution in [0.1, 0.15) is 51.9 Å². The molecule has 0 unspecified atom stereocenters. The van der Waals surface area contributed by atoms with Crippen molar-refractivity contribution in [2.45, 2.75) is 63.5 Å². The van der Waals surface area contributed by atoms with Gasteiger partial charge in [0.15, 0.2) is 5.96 Å². The Morgan fingerprint density at radius 1 is 1.12 bits per heavy atom. The van der Waals surface area contributed by atoms with Crippen molar-refractivity contribution in [2.75, 3.05) is 55.7 Å². The third-order valence-electron chi connectivity index (χ3n) is 7.15. The molecule has 0 radical (unpaired) electrons. The quantitative estimate of drug-likeness (QED) is 0.306. The highest BCUT2D eigenvalue weighted by Gasteiger charge is 2.38. The van der Waals surface area contributed by atoms with Gasteiger partial charge in [0.1, 0.15) is 5.82 Å². The number of hydrogen-bond acceptors (Lipinski definition) is 5. The van der Waals surface area contributed by atoms with Gasteiger partial charge in [-0.3, -0.25) is 9.89 Å². The summed E-state index contributed by atoms with van der Waals surface area (Å²) in [5, 5.41) is 7.28. The van der Waals surface area contributed by atoms with Gasteiger partial charge in [0, 0.05) is 62.0 Å². The molecule has 0 spiro atoms. The van der Waals surface area contributed by atoms with Crippen LogP contribution in [0.15, 0.2) is 29.4 Å². The van der Waals surface area contributed by atoms with E-state index in [0.717, 1.165) is 50.8 Å². The molecule has 1 aromatic heterocycles. The molecular weight excluding hydrogens is 531 g/mol. The number of pyridine rings is 1. The first kappa shape index (κ1) is 25.9. The van der Waals surface area contributed by atoms with Crippen molar-refractivity contribution in [3.63, 3.8) is 0 Å². The Bertz CT molecular complexity index is 683. The molecule has 1 saturated carbocycles. The number of nitrogens with one attached hydrogen (secondary N) is 2.